The third-order valence-corrected chi connectivity index (χ3v) is 3.14. The van der Waals surface area contributed by atoms with E-state index >= 15 is 0 Å². The van der Waals surface area contributed by atoms with Gasteiger partial charge >= 0.3 is 0 Å². The first-order valence-electron chi connectivity index (χ1n) is 5.37. The van der Waals surface area contributed by atoms with Crippen LogP contribution in [0, 0.1) is 11.8 Å². The monoisotopic (exact) mass is 194 g/mol. The molecule has 1 aliphatic carbocycles. The van der Waals surface area contributed by atoms with Gasteiger partial charge in [-0.25, -0.2) is 0 Å². The van der Waals surface area contributed by atoms with E-state index in [-0.39, 0.29) is 11.9 Å². The van der Waals surface area contributed by atoms with Crippen molar-refractivity contribution in [3.05, 3.63) is 12.7 Å². The fourth-order valence-electron chi connectivity index (χ4n) is 2.04. The van der Waals surface area contributed by atoms with Gasteiger partial charge in [-0.15, -0.1) is 6.58 Å². The third-order valence-electron chi connectivity index (χ3n) is 3.14. The first-order chi connectivity index (χ1) is 6.70. The molecule has 1 aliphatic heterocycles. The molecule has 2 rings (SSSR count). The summed E-state index contributed by atoms with van der Waals surface area (Å²) in [5.74, 6) is 1.31. The standard InChI is InChI=1S/C11H18N2O/c1-3-8-5-9(8)13-11(14)10-4-7(2)6-12-10/h3,7-10,12H,1,4-6H2,2H3,(H,13,14). The van der Waals surface area contributed by atoms with Crippen LogP contribution in [0.25, 0.3) is 0 Å². The Bertz CT molecular complexity index is 252. The molecular formula is C11H18N2O. The highest BCUT2D eigenvalue weighted by Gasteiger charge is 2.37. The lowest BCUT2D eigenvalue weighted by Crippen LogP contribution is -2.41. The summed E-state index contributed by atoms with van der Waals surface area (Å²) in [6.07, 6.45) is 3.96. The van der Waals surface area contributed by atoms with Gasteiger partial charge in [-0.1, -0.05) is 13.0 Å². The van der Waals surface area contributed by atoms with Gasteiger partial charge in [0, 0.05) is 6.04 Å². The van der Waals surface area contributed by atoms with Crippen LogP contribution in [-0.2, 0) is 4.79 Å². The predicted octanol–water partition coefficient (Wildman–Crippen LogP) is 0.675. The normalized spacial score (nSPS) is 40.6. The van der Waals surface area contributed by atoms with Crippen molar-refractivity contribution in [1.82, 2.24) is 10.6 Å². The number of carbonyl (C=O) groups is 1. The van der Waals surface area contributed by atoms with E-state index in [9.17, 15) is 4.79 Å². The fraction of sp³-hybridized carbons (Fsp3) is 0.727. The molecule has 0 aromatic heterocycles. The van der Waals surface area contributed by atoms with Crippen LogP contribution in [0.1, 0.15) is 19.8 Å². The molecule has 4 atom stereocenters. The topological polar surface area (TPSA) is 41.1 Å². The number of rotatable bonds is 3. The largest absolute Gasteiger partial charge is 0.351 e. The van der Waals surface area contributed by atoms with E-state index in [1.807, 2.05) is 6.08 Å². The molecule has 1 amide bonds. The summed E-state index contributed by atoms with van der Waals surface area (Å²) in [6, 6.07) is 0.397. The van der Waals surface area contributed by atoms with Gasteiger partial charge in [0.05, 0.1) is 6.04 Å². The quantitative estimate of drug-likeness (QED) is 0.649. The van der Waals surface area contributed by atoms with Crippen molar-refractivity contribution in [3.8, 4) is 0 Å². The lowest BCUT2D eigenvalue weighted by molar-refractivity contribution is -0.123. The Morgan fingerprint density at radius 1 is 1.57 bits per heavy atom. The van der Waals surface area contributed by atoms with Gasteiger partial charge in [0.1, 0.15) is 0 Å². The lowest BCUT2D eigenvalue weighted by atomic mass is 10.1. The van der Waals surface area contributed by atoms with Crippen LogP contribution in [0.2, 0.25) is 0 Å². The third kappa shape index (κ3) is 1.98. The van der Waals surface area contributed by atoms with Crippen LogP contribution in [0.5, 0.6) is 0 Å². The van der Waals surface area contributed by atoms with Crippen molar-refractivity contribution in [2.45, 2.75) is 31.8 Å². The van der Waals surface area contributed by atoms with Crippen LogP contribution in [0.3, 0.4) is 0 Å². The molecule has 0 radical (unpaired) electrons. The molecule has 2 N–H and O–H groups in total. The lowest BCUT2D eigenvalue weighted by Gasteiger charge is -2.10. The summed E-state index contributed by atoms with van der Waals surface area (Å²) in [6.45, 7) is 6.86. The highest BCUT2D eigenvalue weighted by molar-refractivity contribution is 5.82. The minimum atomic E-state index is 0.0380. The van der Waals surface area contributed by atoms with Crippen molar-refractivity contribution in [1.29, 1.82) is 0 Å². The Balaban J connectivity index is 1.76. The summed E-state index contributed by atoms with van der Waals surface area (Å²) >= 11 is 0. The minimum Gasteiger partial charge on any atom is -0.351 e. The zero-order valence-electron chi connectivity index (χ0n) is 8.62. The summed E-state index contributed by atoms with van der Waals surface area (Å²) in [5.41, 5.74) is 0. The highest BCUT2D eigenvalue weighted by atomic mass is 16.2. The van der Waals surface area contributed by atoms with E-state index in [4.69, 9.17) is 0 Å². The van der Waals surface area contributed by atoms with Gasteiger partial charge < -0.3 is 10.6 Å². The Morgan fingerprint density at radius 3 is 2.86 bits per heavy atom. The van der Waals surface area contributed by atoms with Gasteiger partial charge in [-0.2, -0.15) is 0 Å². The second kappa shape index (κ2) is 3.73. The van der Waals surface area contributed by atoms with Crippen LogP contribution >= 0.6 is 0 Å². The highest BCUT2D eigenvalue weighted by Crippen LogP contribution is 2.31. The van der Waals surface area contributed by atoms with Crippen molar-refractivity contribution < 1.29 is 4.79 Å². The van der Waals surface area contributed by atoms with E-state index in [1.54, 1.807) is 0 Å². The molecule has 0 aromatic carbocycles. The molecule has 4 unspecified atom stereocenters. The molecule has 1 saturated carbocycles. The molecule has 1 heterocycles. The van der Waals surface area contributed by atoms with E-state index in [0.717, 1.165) is 19.4 Å². The van der Waals surface area contributed by atoms with E-state index in [2.05, 4.69) is 24.1 Å². The smallest absolute Gasteiger partial charge is 0.237 e. The van der Waals surface area contributed by atoms with Gasteiger partial charge in [0.15, 0.2) is 0 Å². The molecule has 14 heavy (non-hydrogen) atoms. The number of carbonyl (C=O) groups excluding carboxylic acids is 1. The Labute approximate surface area is 84.9 Å². The molecule has 3 heteroatoms. The van der Waals surface area contributed by atoms with Gasteiger partial charge in [-0.3, -0.25) is 4.79 Å². The second-order valence-corrected chi connectivity index (χ2v) is 4.55. The second-order valence-electron chi connectivity index (χ2n) is 4.55. The van der Waals surface area contributed by atoms with Gasteiger partial charge in [0.25, 0.3) is 0 Å². The molecule has 2 aliphatic rings. The van der Waals surface area contributed by atoms with E-state index in [0.29, 0.717) is 17.9 Å². The van der Waals surface area contributed by atoms with E-state index < -0.39 is 0 Å². The Hall–Kier alpha value is -0.830. The summed E-state index contributed by atoms with van der Waals surface area (Å²) in [7, 11) is 0. The Morgan fingerprint density at radius 2 is 2.36 bits per heavy atom. The summed E-state index contributed by atoms with van der Waals surface area (Å²) in [5, 5.41) is 6.28. The van der Waals surface area contributed by atoms with Crippen molar-refractivity contribution in [3.63, 3.8) is 0 Å². The first-order valence-corrected chi connectivity index (χ1v) is 5.37. The van der Waals surface area contributed by atoms with Crippen LogP contribution < -0.4 is 10.6 Å². The summed E-state index contributed by atoms with van der Waals surface area (Å²) < 4.78 is 0. The maximum absolute atomic E-state index is 11.7. The van der Waals surface area contributed by atoms with Crippen LogP contribution in [0.15, 0.2) is 12.7 Å². The number of amides is 1. The maximum Gasteiger partial charge on any atom is 0.237 e. The molecule has 1 saturated heterocycles. The fourth-order valence-corrected chi connectivity index (χ4v) is 2.04. The van der Waals surface area contributed by atoms with Crippen LogP contribution in [-0.4, -0.2) is 24.5 Å². The number of hydrogen-bond donors (Lipinski definition) is 2. The van der Waals surface area contributed by atoms with Gasteiger partial charge in [-0.05, 0) is 31.2 Å². The number of hydrogen-bond acceptors (Lipinski definition) is 2. The zero-order chi connectivity index (χ0) is 10.1. The molecular weight excluding hydrogens is 176 g/mol. The molecule has 3 nitrogen and oxygen atoms in total. The predicted molar refractivity (Wildman–Crippen MR) is 55.8 cm³/mol. The first kappa shape index (κ1) is 9.71. The van der Waals surface area contributed by atoms with E-state index in [1.165, 1.54) is 0 Å². The maximum atomic E-state index is 11.7. The average Bonchev–Trinajstić information content (AvgIpc) is 2.77. The SMILES string of the molecule is C=CC1CC1NC(=O)C1CC(C)CN1. The minimum absolute atomic E-state index is 0.0380. The van der Waals surface area contributed by atoms with Gasteiger partial charge in [0.2, 0.25) is 5.91 Å². The molecule has 78 valence electrons. The summed E-state index contributed by atoms with van der Waals surface area (Å²) in [4.78, 5) is 11.7. The van der Waals surface area contributed by atoms with Crippen molar-refractivity contribution in [2.24, 2.45) is 11.8 Å². The molecule has 0 aromatic rings. The van der Waals surface area contributed by atoms with Crippen molar-refractivity contribution >= 4 is 5.91 Å². The molecule has 0 bridgehead atoms. The molecule has 2 fully saturated rings. The Kier molecular flexibility index (Phi) is 2.59. The van der Waals surface area contributed by atoms with Crippen molar-refractivity contribution in [2.75, 3.05) is 6.54 Å². The van der Waals surface area contributed by atoms with Crippen LogP contribution in [0.4, 0.5) is 0 Å². The molecule has 0 spiro atoms. The average molecular weight is 194 g/mol. The number of nitrogens with one attached hydrogen (secondary N) is 2. The zero-order valence-corrected chi connectivity index (χ0v) is 8.62.